The molecule has 1 saturated heterocycles. The number of rotatable bonds is 3. The fourth-order valence-corrected chi connectivity index (χ4v) is 5.04. The molecule has 0 aliphatic carbocycles. The summed E-state index contributed by atoms with van der Waals surface area (Å²) in [4.78, 5) is 15.5. The van der Waals surface area contributed by atoms with E-state index in [1.54, 1.807) is 17.6 Å². The van der Waals surface area contributed by atoms with Crippen LogP contribution in [0.15, 0.2) is 28.6 Å². The zero-order valence-corrected chi connectivity index (χ0v) is 12.7. The van der Waals surface area contributed by atoms with Gasteiger partial charge in [-0.1, -0.05) is 0 Å². The van der Waals surface area contributed by atoms with Crippen LogP contribution in [0.25, 0.3) is 10.2 Å². The van der Waals surface area contributed by atoms with Crippen molar-refractivity contribution in [3.8, 4) is 0 Å². The number of aromatic nitrogens is 1. The van der Waals surface area contributed by atoms with Crippen molar-refractivity contribution in [1.29, 1.82) is 0 Å². The van der Waals surface area contributed by atoms with E-state index in [1.165, 1.54) is 17.4 Å². The summed E-state index contributed by atoms with van der Waals surface area (Å²) in [6.07, 6.45) is 1.78. The number of carbonyl (C=O) groups is 1. The molecular weight excluding hydrogens is 312 g/mol. The van der Waals surface area contributed by atoms with Gasteiger partial charge in [-0.2, -0.15) is 4.31 Å². The number of hydrogen-bond acceptors (Lipinski definition) is 5. The molecule has 2 heterocycles. The standard InChI is InChI=1S/C13H14N2O4S2/c16-13(17)11-3-1-2-6-15(11)21(18,19)9-4-5-10-12(7-9)20-8-14-10/h4-5,7-8,11H,1-3,6H2,(H,16,17). The Balaban J connectivity index is 2.03. The zero-order chi connectivity index (χ0) is 15.0. The van der Waals surface area contributed by atoms with Crippen LogP contribution in [0.1, 0.15) is 19.3 Å². The minimum atomic E-state index is -3.79. The third-order valence-corrected chi connectivity index (χ3v) is 6.34. The maximum atomic E-state index is 12.7. The molecular formula is C13H14N2O4S2. The number of sulfonamides is 1. The molecule has 1 aliphatic heterocycles. The van der Waals surface area contributed by atoms with Gasteiger partial charge in [0, 0.05) is 6.54 Å². The Morgan fingerprint density at radius 3 is 2.95 bits per heavy atom. The summed E-state index contributed by atoms with van der Waals surface area (Å²) >= 11 is 1.36. The molecule has 1 aliphatic rings. The maximum absolute atomic E-state index is 12.7. The first kappa shape index (κ1) is 14.4. The minimum absolute atomic E-state index is 0.132. The Labute approximate surface area is 126 Å². The highest BCUT2D eigenvalue weighted by atomic mass is 32.2. The van der Waals surface area contributed by atoms with Crippen LogP contribution < -0.4 is 0 Å². The molecule has 0 spiro atoms. The van der Waals surface area contributed by atoms with Crippen LogP contribution in [0, 0.1) is 0 Å². The van der Waals surface area contributed by atoms with E-state index in [2.05, 4.69) is 4.98 Å². The van der Waals surface area contributed by atoms with Crippen LogP contribution in [0.3, 0.4) is 0 Å². The van der Waals surface area contributed by atoms with Crippen LogP contribution >= 0.6 is 11.3 Å². The number of benzene rings is 1. The van der Waals surface area contributed by atoms with Crippen molar-refractivity contribution in [2.24, 2.45) is 0 Å². The summed E-state index contributed by atoms with van der Waals surface area (Å²) < 4.78 is 27.3. The number of piperidine rings is 1. The van der Waals surface area contributed by atoms with Crippen molar-refractivity contribution in [3.63, 3.8) is 0 Å². The van der Waals surface area contributed by atoms with Crippen LogP contribution in [-0.4, -0.2) is 41.4 Å². The summed E-state index contributed by atoms with van der Waals surface area (Å²) in [7, 11) is -3.79. The molecule has 21 heavy (non-hydrogen) atoms. The van der Waals surface area contributed by atoms with E-state index in [0.717, 1.165) is 20.9 Å². The van der Waals surface area contributed by atoms with Crippen molar-refractivity contribution in [2.45, 2.75) is 30.2 Å². The zero-order valence-electron chi connectivity index (χ0n) is 11.1. The third kappa shape index (κ3) is 2.54. The lowest BCUT2D eigenvalue weighted by atomic mass is 10.1. The summed E-state index contributed by atoms with van der Waals surface area (Å²) in [5.74, 6) is -1.09. The van der Waals surface area contributed by atoms with E-state index >= 15 is 0 Å². The van der Waals surface area contributed by atoms with Crippen molar-refractivity contribution < 1.29 is 18.3 Å². The monoisotopic (exact) mass is 326 g/mol. The highest BCUT2D eigenvalue weighted by molar-refractivity contribution is 7.89. The fourth-order valence-electron chi connectivity index (χ4n) is 2.57. The van der Waals surface area contributed by atoms with Crippen molar-refractivity contribution >= 4 is 37.5 Å². The first-order valence-corrected chi connectivity index (χ1v) is 8.90. The molecule has 0 amide bonds. The van der Waals surface area contributed by atoms with E-state index in [-0.39, 0.29) is 11.4 Å². The molecule has 1 atom stereocenters. The molecule has 1 fully saturated rings. The van der Waals surface area contributed by atoms with Gasteiger partial charge in [-0.05, 0) is 37.5 Å². The lowest BCUT2D eigenvalue weighted by molar-refractivity contribution is -0.142. The van der Waals surface area contributed by atoms with Crippen molar-refractivity contribution in [2.75, 3.05) is 6.54 Å². The number of carboxylic acid groups (broad SMARTS) is 1. The summed E-state index contributed by atoms with van der Waals surface area (Å²) in [6, 6.07) is 3.74. The second-order valence-corrected chi connectivity index (χ2v) is 7.72. The quantitative estimate of drug-likeness (QED) is 0.931. The first-order chi connectivity index (χ1) is 10.00. The van der Waals surface area contributed by atoms with Gasteiger partial charge in [-0.25, -0.2) is 13.4 Å². The van der Waals surface area contributed by atoms with Crippen LogP contribution in [0.4, 0.5) is 0 Å². The Morgan fingerprint density at radius 1 is 1.38 bits per heavy atom. The molecule has 1 unspecified atom stereocenters. The Kier molecular flexibility index (Phi) is 3.68. The molecule has 2 aromatic rings. The predicted octanol–water partition coefficient (Wildman–Crippen LogP) is 1.92. The summed E-state index contributed by atoms with van der Waals surface area (Å²) in [6.45, 7) is 0.250. The van der Waals surface area contributed by atoms with Crippen LogP contribution in [-0.2, 0) is 14.8 Å². The molecule has 8 heteroatoms. The summed E-state index contributed by atoms with van der Waals surface area (Å²) in [5.41, 5.74) is 2.40. The number of nitrogens with zero attached hydrogens (tertiary/aromatic N) is 2. The van der Waals surface area contributed by atoms with E-state index in [1.807, 2.05) is 0 Å². The fraction of sp³-hybridized carbons (Fsp3) is 0.385. The van der Waals surface area contributed by atoms with E-state index < -0.39 is 22.0 Å². The number of aliphatic carboxylic acids is 1. The van der Waals surface area contributed by atoms with Crippen LogP contribution in [0.5, 0.6) is 0 Å². The molecule has 6 nitrogen and oxygen atoms in total. The minimum Gasteiger partial charge on any atom is -0.480 e. The Morgan fingerprint density at radius 2 is 2.19 bits per heavy atom. The Hall–Kier alpha value is -1.51. The van der Waals surface area contributed by atoms with Crippen molar-refractivity contribution in [1.82, 2.24) is 9.29 Å². The average molecular weight is 326 g/mol. The predicted molar refractivity (Wildman–Crippen MR) is 78.8 cm³/mol. The average Bonchev–Trinajstić information content (AvgIpc) is 2.94. The number of thiazole rings is 1. The largest absolute Gasteiger partial charge is 0.480 e. The van der Waals surface area contributed by atoms with Gasteiger partial charge >= 0.3 is 5.97 Å². The smallest absolute Gasteiger partial charge is 0.322 e. The van der Waals surface area contributed by atoms with Gasteiger partial charge in [-0.15, -0.1) is 11.3 Å². The van der Waals surface area contributed by atoms with E-state index in [9.17, 15) is 18.3 Å². The molecule has 3 rings (SSSR count). The normalized spacial score (nSPS) is 20.7. The van der Waals surface area contributed by atoms with Crippen molar-refractivity contribution in [3.05, 3.63) is 23.7 Å². The van der Waals surface area contributed by atoms with E-state index in [4.69, 9.17) is 0 Å². The number of fused-ring (bicyclic) bond motifs is 1. The highest BCUT2D eigenvalue weighted by Crippen LogP contribution is 2.28. The molecule has 1 aromatic heterocycles. The second kappa shape index (κ2) is 5.36. The molecule has 1 N–H and O–H groups in total. The third-order valence-electron chi connectivity index (χ3n) is 3.65. The molecule has 0 bridgehead atoms. The molecule has 0 saturated carbocycles. The number of carboxylic acids is 1. The van der Waals surface area contributed by atoms with Gasteiger partial charge in [-0.3, -0.25) is 4.79 Å². The summed E-state index contributed by atoms with van der Waals surface area (Å²) in [5, 5.41) is 9.24. The molecule has 0 radical (unpaired) electrons. The SMILES string of the molecule is O=C(O)C1CCCCN1S(=O)(=O)c1ccc2ncsc2c1. The van der Waals surface area contributed by atoms with E-state index in [0.29, 0.717) is 12.8 Å². The molecule has 112 valence electrons. The highest BCUT2D eigenvalue weighted by Gasteiger charge is 2.37. The van der Waals surface area contributed by atoms with Gasteiger partial charge in [0.05, 0.1) is 20.6 Å². The first-order valence-electron chi connectivity index (χ1n) is 6.58. The lowest BCUT2D eigenvalue weighted by Crippen LogP contribution is -2.47. The number of hydrogen-bond donors (Lipinski definition) is 1. The van der Waals surface area contributed by atoms with Gasteiger partial charge < -0.3 is 5.11 Å². The molecule has 1 aromatic carbocycles. The van der Waals surface area contributed by atoms with Gasteiger partial charge in [0.2, 0.25) is 10.0 Å². The van der Waals surface area contributed by atoms with Crippen LogP contribution in [0.2, 0.25) is 0 Å². The topological polar surface area (TPSA) is 87.6 Å². The van der Waals surface area contributed by atoms with Gasteiger partial charge in [0.15, 0.2) is 0 Å². The second-order valence-electron chi connectivity index (χ2n) is 4.95. The Bertz CT molecular complexity index is 784. The lowest BCUT2D eigenvalue weighted by Gasteiger charge is -2.31. The van der Waals surface area contributed by atoms with Gasteiger partial charge in [0.25, 0.3) is 0 Å². The van der Waals surface area contributed by atoms with Gasteiger partial charge in [0.1, 0.15) is 6.04 Å². The maximum Gasteiger partial charge on any atom is 0.322 e.